The van der Waals surface area contributed by atoms with Gasteiger partial charge in [0.1, 0.15) is 0 Å². The average molecular weight is 306 g/mol. The van der Waals surface area contributed by atoms with Crippen LogP contribution in [0.5, 0.6) is 0 Å². The Bertz CT molecular complexity index is 370. The molecule has 1 saturated heterocycles. The summed E-state index contributed by atoms with van der Waals surface area (Å²) in [6, 6.07) is 0.361. The maximum atomic E-state index is 11.3. The van der Waals surface area contributed by atoms with Crippen molar-refractivity contribution in [3.63, 3.8) is 0 Å². The molecule has 0 aromatic heterocycles. The number of aliphatic hydroxyl groups excluding tert-OH is 1. The average Bonchev–Trinajstić information content (AvgIpc) is 2.35. The van der Waals surface area contributed by atoms with E-state index in [-0.39, 0.29) is 12.1 Å². The molecular formula is C14H30N2O3S. The van der Waals surface area contributed by atoms with E-state index in [0.29, 0.717) is 30.6 Å². The number of nitrogens with one attached hydrogen (secondary N) is 1. The normalized spacial score (nSPS) is 22.9. The lowest BCUT2D eigenvalue weighted by Gasteiger charge is -2.32. The minimum Gasteiger partial charge on any atom is -0.394 e. The molecular weight excluding hydrogens is 276 g/mol. The molecule has 2 N–H and O–H groups in total. The van der Waals surface area contributed by atoms with Crippen LogP contribution in [-0.4, -0.2) is 67.8 Å². The van der Waals surface area contributed by atoms with E-state index in [4.69, 9.17) is 0 Å². The molecule has 1 aliphatic heterocycles. The molecule has 0 amide bonds. The summed E-state index contributed by atoms with van der Waals surface area (Å²) in [5, 5.41) is 12.9. The molecule has 0 spiro atoms. The summed E-state index contributed by atoms with van der Waals surface area (Å²) < 4.78 is 22.7. The minimum absolute atomic E-state index is 0.146. The molecule has 1 rings (SSSR count). The summed E-state index contributed by atoms with van der Waals surface area (Å²) in [7, 11) is -2.77. The largest absolute Gasteiger partial charge is 0.394 e. The first-order valence-electron chi connectivity index (χ1n) is 7.58. The van der Waals surface area contributed by atoms with Crippen molar-refractivity contribution in [2.45, 2.75) is 51.6 Å². The predicted molar refractivity (Wildman–Crippen MR) is 82.7 cm³/mol. The van der Waals surface area contributed by atoms with Gasteiger partial charge < -0.3 is 15.3 Å². The Kier molecular flexibility index (Phi) is 6.91. The SMILES string of the molecule is CC(C)NC(C)(CO)CCCCN1CCS(=O)(=O)CC1. The minimum atomic E-state index is -2.77. The van der Waals surface area contributed by atoms with Crippen LogP contribution in [0.2, 0.25) is 0 Å². The molecule has 20 heavy (non-hydrogen) atoms. The molecule has 0 aromatic carbocycles. The monoisotopic (exact) mass is 306 g/mol. The van der Waals surface area contributed by atoms with E-state index in [9.17, 15) is 13.5 Å². The Labute approximate surface area is 123 Å². The van der Waals surface area contributed by atoms with Gasteiger partial charge in [-0.05, 0) is 26.3 Å². The number of hydrogen-bond donors (Lipinski definition) is 2. The number of rotatable bonds is 8. The first-order chi connectivity index (χ1) is 9.26. The van der Waals surface area contributed by atoms with Gasteiger partial charge in [0.15, 0.2) is 9.84 Å². The number of unbranched alkanes of at least 4 members (excludes halogenated alkanes) is 1. The van der Waals surface area contributed by atoms with Crippen LogP contribution in [0.15, 0.2) is 0 Å². The molecule has 0 aromatic rings. The van der Waals surface area contributed by atoms with E-state index < -0.39 is 9.84 Å². The maximum absolute atomic E-state index is 11.3. The number of aliphatic hydroxyl groups is 1. The molecule has 6 heteroatoms. The van der Waals surface area contributed by atoms with E-state index in [1.807, 2.05) is 0 Å². The number of nitrogens with zero attached hydrogens (tertiary/aromatic N) is 1. The van der Waals surface area contributed by atoms with Gasteiger partial charge in [0, 0.05) is 24.7 Å². The van der Waals surface area contributed by atoms with Crippen molar-refractivity contribution in [2.24, 2.45) is 0 Å². The molecule has 1 unspecified atom stereocenters. The molecule has 1 atom stereocenters. The van der Waals surface area contributed by atoms with Crippen molar-refractivity contribution in [1.82, 2.24) is 10.2 Å². The van der Waals surface area contributed by atoms with Crippen LogP contribution in [-0.2, 0) is 9.84 Å². The zero-order chi connectivity index (χ0) is 15.2. The second-order valence-corrected chi connectivity index (χ2v) is 8.77. The van der Waals surface area contributed by atoms with Gasteiger partial charge in [-0.3, -0.25) is 0 Å². The van der Waals surface area contributed by atoms with Crippen LogP contribution in [0.4, 0.5) is 0 Å². The first-order valence-corrected chi connectivity index (χ1v) is 9.40. The van der Waals surface area contributed by atoms with Crippen molar-refractivity contribution in [3.8, 4) is 0 Å². The lowest BCUT2D eigenvalue weighted by Crippen LogP contribution is -2.49. The van der Waals surface area contributed by atoms with Gasteiger partial charge in [-0.2, -0.15) is 0 Å². The zero-order valence-electron chi connectivity index (χ0n) is 13.1. The Balaban J connectivity index is 2.21. The lowest BCUT2D eigenvalue weighted by atomic mass is 9.94. The second kappa shape index (κ2) is 7.73. The Morgan fingerprint density at radius 2 is 1.85 bits per heavy atom. The van der Waals surface area contributed by atoms with Crippen LogP contribution in [0.1, 0.15) is 40.0 Å². The molecule has 120 valence electrons. The highest BCUT2D eigenvalue weighted by Crippen LogP contribution is 2.15. The Morgan fingerprint density at radius 1 is 1.25 bits per heavy atom. The molecule has 1 fully saturated rings. The Morgan fingerprint density at radius 3 is 2.35 bits per heavy atom. The van der Waals surface area contributed by atoms with Crippen LogP contribution < -0.4 is 5.32 Å². The highest BCUT2D eigenvalue weighted by atomic mass is 32.2. The molecule has 0 bridgehead atoms. The molecule has 0 saturated carbocycles. The third kappa shape index (κ3) is 6.52. The van der Waals surface area contributed by atoms with E-state index in [0.717, 1.165) is 25.8 Å². The smallest absolute Gasteiger partial charge is 0.152 e. The van der Waals surface area contributed by atoms with Crippen molar-refractivity contribution in [1.29, 1.82) is 0 Å². The third-order valence-corrected chi connectivity index (χ3v) is 5.49. The maximum Gasteiger partial charge on any atom is 0.152 e. The van der Waals surface area contributed by atoms with Crippen molar-refractivity contribution >= 4 is 9.84 Å². The number of sulfone groups is 1. The summed E-state index contributed by atoms with van der Waals surface area (Å²) in [6.45, 7) is 8.67. The van der Waals surface area contributed by atoms with E-state index in [1.54, 1.807) is 0 Å². The van der Waals surface area contributed by atoms with Crippen LogP contribution >= 0.6 is 0 Å². The number of hydrogen-bond acceptors (Lipinski definition) is 5. The quantitative estimate of drug-likeness (QED) is 0.644. The zero-order valence-corrected chi connectivity index (χ0v) is 13.9. The van der Waals surface area contributed by atoms with Crippen molar-refractivity contribution in [3.05, 3.63) is 0 Å². The fourth-order valence-corrected chi connectivity index (χ4v) is 4.00. The topological polar surface area (TPSA) is 69.6 Å². The van der Waals surface area contributed by atoms with Gasteiger partial charge in [-0.25, -0.2) is 8.42 Å². The summed E-state index contributed by atoms with van der Waals surface area (Å²) in [5.74, 6) is 0.604. The highest BCUT2D eigenvalue weighted by Gasteiger charge is 2.24. The molecule has 0 radical (unpaired) electrons. The van der Waals surface area contributed by atoms with Crippen LogP contribution in [0.25, 0.3) is 0 Å². The second-order valence-electron chi connectivity index (χ2n) is 6.47. The molecule has 1 aliphatic rings. The first kappa shape index (κ1) is 17.9. The van der Waals surface area contributed by atoms with E-state index >= 15 is 0 Å². The van der Waals surface area contributed by atoms with Gasteiger partial charge in [-0.1, -0.05) is 20.3 Å². The van der Waals surface area contributed by atoms with Crippen molar-refractivity contribution in [2.75, 3.05) is 37.7 Å². The van der Waals surface area contributed by atoms with Crippen molar-refractivity contribution < 1.29 is 13.5 Å². The van der Waals surface area contributed by atoms with Crippen LogP contribution in [0, 0.1) is 0 Å². The van der Waals surface area contributed by atoms with Gasteiger partial charge in [0.25, 0.3) is 0 Å². The predicted octanol–water partition coefficient (Wildman–Crippen LogP) is 0.636. The highest BCUT2D eigenvalue weighted by molar-refractivity contribution is 7.91. The van der Waals surface area contributed by atoms with E-state index in [2.05, 4.69) is 31.0 Å². The van der Waals surface area contributed by atoms with Gasteiger partial charge in [0.05, 0.1) is 18.1 Å². The summed E-state index contributed by atoms with van der Waals surface area (Å²) in [4.78, 5) is 2.23. The lowest BCUT2D eigenvalue weighted by molar-refractivity contribution is 0.152. The third-order valence-electron chi connectivity index (χ3n) is 3.88. The van der Waals surface area contributed by atoms with Gasteiger partial charge in [-0.15, -0.1) is 0 Å². The van der Waals surface area contributed by atoms with Gasteiger partial charge in [0.2, 0.25) is 0 Å². The van der Waals surface area contributed by atoms with Gasteiger partial charge >= 0.3 is 0 Å². The molecule has 5 nitrogen and oxygen atoms in total. The molecule has 0 aliphatic carbocycles. The molecule has 1 heterocycles. The standard InChI is InChI=1S/C14H30N2O3S/c1-13(2)15-14(3,12-17)6-4-5-7-16-8-10-20(18,19)11-9-16/h13,15,17H,4-12H2,1-3H3. The van der Waals surface area contributed by atoms with Crippen LogP contribution in [0.3, 0.4) is 0 Å². The summed E-state index contributed by atoms with van der Waals surface area (Å²) in [5.41, 5.74) is -0.209. The summed E-state index contributed by atoms with van der Waals surface area (Å²) >= 11 is 0. The summed E-state index contributed by atoms with van der Waals surface area (Å²) in [6.07, 6.45) is 3.03. The van der Waals surface area contributed by atoms with E-state index in [1.165, 1.54) is 0 Å². The fourth-order valence-electron chi connectivity index (χ4n) is 2.72. The Hall–Kier alpha value is -0.170. The fraction of sp³-hybridized carbons (Fsp3) is 1.00.